The molecule has 0 spiro atoms. The average molecular weight is 283 g/mol. The lowest BCUT2D eigenvalue weighted by Gasteiger charge is -2.05. The number of hydrogen-bond acceptors (Lipinski definition) is 5. The van der Waals surface area contributed by atoms with Gasteiger partial charge in [-0.1, -0.05) is 0 Å². The van der Waals surface area contributed by atoms with E-state index in [-0.39, 0.29) is 5.95 Å². The van der Waals surface area contributed by atoms with Gasteiger partial charge in [-0.25, -0.2) is 4.98 Å². The Hall–Kier alpha value is -1.63. The molecule has 0 aromatic carbocycles. The highest BCUT2D eigenvalue weighted by Gasteiger charge is 2.03. The second-order valence-corrected chi connectivity index (χ2v) is 4.11. The fraction of sp³-hybridized carbons (Fsp3) is 0.222. The number of nitrogens with two attached hydrogens (primary N) is 1. The maximum absolute atomic E-state index is 5.50. The van der Waals surface area contributed by atoms with Gasteiger partial charge < -0.3 is 11.1 Å². The number of nitrogens with one attached hydrogen (secondary N) is 1. The molecule has 2 rings (SSSR count). The van der Waals surface area contributed by atoms with Crippen LogP contribution in [0.5, 0.6) is 0 Å². The molecule has 0 aliphatic rings. The Morgan fingerprint density at radius 3 is 3.06 bits per heavy atom. The molecule has 2 heterocycles. The van der Waals surface area contributed by atoms with Crippen molar-refractivity contribution < 1.29 is 0 Å². The van der Waals surface area contributed by atoms with Crippen LogP contribution in [0.3, 0.4) is 0 Å². The van der Waals surface area contributed by atoms with Gasteiger partial charge >= 0.3 is 0 Å². The van der Waals surface area contributed by atoms with Crippen LogP contribution in [0.25, 0.3) is 0 Å². The van der Waals surface area contributed by atoms with Crippen molar-refractivity contribution in [2.24, 2.45) is 7.05 Å². The number of aromatic nitrogens is 4. The second kappa shape index (κ2) is 4.48. The van der Waals surface area contributed by atoms with Gasteiger partial charge in [0.1, 0.15) is 5.82 Å². The lowest BCUT2D eigenvalue weighted by Crippen LogP contribution is -2.05. The van der Waals surface area contributed by atoms with E-state index >= 15 is 0 Å². The number of anilines is 2. The van der Waals surface area contributed by atoms with Gasteiger partial charge in [0.05, 0.1) is 16.7 Å². The number of aryl methyl sites for hydroxylation is 1. The molecular formula is C9H11BrN6. The average Bonchev–Trinajstić information content (AvgIpc) is 2.66. The van der Waals surface area contributed by atoms with E-state index in [4.69, 9.17) is 5.73 Å². The van der Waals surface area contributed by atoms with Crippen molar-refractivity contribution in [1.29, 1.82) is 0 Å². The second-order valence-electron chi connectivity index (χ2n) is 3.26. The van der Waals surface area contributed by atoms with Crippen molar-refractivity contribution in [2.45, 2.75) is 6.54 Å². The van der Waals surface area contributed by atoms with Crippen molar-refractivity contribution >= 4 is 27.7 Å². The highest BCUT2D eigenvalue weighted by atomic mass is 79.9. The monoisotopic (exact) mass is 282 g/mol. The van der Waals surface area contributed by atoms with Crippen LogP contribution in [0.4, 0.5) is 11.8 Å². The highest BCUT2D eigenvalue weighted by molar-refractivity contribution is 9.10. The maximum Gasteiger partial charge on any atom is 0.221 e. The van der Waals surface area contributed by atoms with E-state index in [0.717, 1.165) is 10.2 Å². The first-order valence-electron chi connectivity index (χ1n) is 4.65. The smallest absolute Gasteiger partial charge is 0.221 e. The molecule has 0 atom stereocenters. The molecule has 6 nitrogen and oxygen atoms in total. The summed E-state index contributed by atoms with van der Waals surface area (Å²) in [5.41, 5.74) is 6.43. The molecule has 84 valence electrons. The molecule has 0 amide bonds. The van der Waals surface area contributed by atoms with E-state index in [2.05, 4.69) is 36.3 Å². The molecule has 0 saturated heterocycles. The quantitative estimate of drug-likeness (QED) is 0.883. The van der Waals surface area contributed by atoms with Gasteiger partial charge in [-0.2, -0.15) is 10.1 Å². The van der Waals surface area contributed by atoms with Crippen molar-refractivity contribution in [3.8, 4) is 0 Å². The van der Waals surface area contributed by atoms with Gasteiger partial charge in [0, 0.05) is 19.4 Å². The number of hydrogen-bond donors (Lipinski definition) is 2. The molecule has 2 aromatic heterocycles. The SMILES string of the molecule is Cn1ccc(CNc2nc(N)ncc2Br)n1. The highest BCUT2D eigenvalue weighted by Crippen LogP contribution is 2.19. The minimum Gasteiger partial charge on any atom is -0.368 e. The zero-order valence-corrected chi connectivity index (χ0v) is 10.3. The Bertz CT molecular complexity index is 494. The van der Waals surface area contributed by atoms with Gasteiger partial charge in [-0.3, -0.25) is 4.68 Å². The van der Waals surface area contributed by atoms with Crippen LogP contribution in [0.1, 0.15) is 5.69 Å². The lowest BCUT2D eigenvalue weighted by atomic mass is 10.4. The van der Waals surface area contributed by atoms with E-state index in [0.29, 0.717) is 12.4 Å². The number of rotatable bonds is 3. The van der Waals surface area contributed by atoms with Crippen LogP contribution in [-0.4, -0.2) is 19.7 Å². The summed E-state index contributed by atoms with van der Waals surface area (Å²) in [6.45, 7) is 0.593. The number of halogens is 1. The molecule has 0 radical (unpaired) electrons. The van der Waals surface area contributed by atoms with E-state index in [1.807, 2.05) is 19.3 Å². The molecule has 7 heteroatoms. The van der Waals surface area contributed by atoms with Crippen molar-refractivity contribution in [3.05, 3.63) is 28.6 Å². The topological polar surface area (TPSA) is 81.7 Å². The fourth-order valence-corrected chi connectivity index (χ4v) is 1.57. The van der Waals surface area contributed by atoms with Crippen LogP contribution >= 0.6 is 15.9 Å². The van der Waals surface area contributed by atoms with Gasteiger partial charge in [0.15, 0.2) is 0 Å². The Morgan fingerprint density at radius 2 is 2.38 bits per heavy atom. The third-order valence-electron chi connectivity index (χ3n) is 1.97. The van der Waals surface area contributed by atoms with E-state index in [1.165, 1.54) is 0 Å². The Labute approximate surface area is 101 Å². The first-order chi connectivity index (χ1) is 7.65. The first kappa shape index (κ1) is 10.9. The molecule has 3 N–H and O–H groups in total. The zero-order valence-electron chi connectivity index (χ0n) is 8.68. The van der Waals surface area contributed by atoms with Crippen molar-refractivity contribution in [2.75, 3.05) is 11.1 Å². The van der Waals surface area contributed by atoms with Crippen molar-refractivity contribution in [3.63, 3.8) is 0 Å². The zero-order chi connectivity index (χ0) is 11.5. The van der Waals surface area contributed by atoms with Crippen LogP contribution in [0.2, 0.25) is 0 Å². The summed E-state index contributed by atoms with van der Waals surface area (Å²) in [4.78, 5) is 7.93. The third kappa shape index (κ3) is 2.48. The van der Waals surface area contributed by atoms with Crippen molar-refractivity contribution in [1.82, 2.24) is 19.7 Å². The molecule has 2 aromatic rings. The molecule has 0 saturated carbocycles. The van der Waals surface area contributed by atoms with Crippen LogP contribution < -0.4 is 11.1 Å². The van der Waals surface area contributed by atoms with Gasteiger partial charge in [-0.15, -0.1) is 0 Å². The lowest BCUT2D eigenvalue weighted by molar-refractivity contribution is 0.747. The predicted molar refractivity (Wildman–Crippen MR) is 64.7 cm³/mol. The minimum absolute atomic E-state index is 0.242. The van der Waals surface area contributed by atoms with E-state index in [9.17, 15) is 0 Å². The third-order valence-corrected chi connectivity index (χ3v) is 2.55. The minimum atomic E-state index is 0.242. The van der Waals surface area contributed by atoms with Gasteiger partial charge in [-0.05, 0) is 22.0 Å². The van der Waals surface area contributed by atoms with E-state index in [1.54, 1.807) is 10.9 Å². The summed E-state index contributed by atoms with van der Waals surface area (Å²) >= 11 is 3.34. The summed E-state index contributed by atoms with van der Waals surface area (Å²) in [6, 6.07) is 1.94. The van der Waals surface area contributed by atoms with Crippen LogP contribution in [-0.2, 0) is 13.6 Å². The first-order valence-corrected chi connectivity index (χ1v) is 5.45. The number of nitrogen functional groups attached to an aromatic ring is 1. The normalized spacial score (nSPS) is 10.4. The Balaban J connectivity index is 2.07. The fourth-order valence-electron chi connectivity index (χ4n) is 1.24. The largest absolute Gasteiger partial charge is 0.368 e. The van der Waals surface area contributed by atoms with Crippen LogP contribution in [0.15, 0.2) is 22.9 Å². The predicted octanol–water partition coefficient (Wildman–Crippen LogP) is 1.17. The summed E-state index contributed by atoms with van der Waals surface area (Å²) in [5.74, 6) is 0.907. The van der Waals surface area contributed by atoms with Gasteiger partial charge in [0.2, 0.25) is 5.95 Å². The van der Waals surface area contributed by atoms with E-state index < -0.39 is 0 Å². The molecule has 0 unspecified atom stereocenters. The molecule has 0 aliphatic heterocycles. The standard InChI is InChI=1S/C9H11BrN6/c1-16-3-2-6(15-16)4-12-8-7(10)5-13-9(11)14-8/h2-3,5H,4H2,1H3,(H3,11,12,13,14). The molecule has 0 fully saturated rings. The summed E-state index contributed by atoms with van der Waals surface area (Å²) < 4.78 is 2.53. The summed E-state index contributed by atoms with van der Waals surface area (Å²) in [5, 5.41) is 7.37. The molecule has 0 aliphatic carbocycles. The van der Waals surface area contributed by atoms with Gasteiger partial charge in [0.25, 0.3) is 0 Å². The Kier molecular flexibility index (Phi) is 3.04. The summed E-state index contributed by atoms with van der Waals surface area (Å²) in [7, 11) is 1.88. The van der Waals surface area contributed by atoms with Crippen LogP contribution in [0, 0.1) is 0 Å². The number of nitrogens with zero attached hydrogens (tertiary/aromatic N) is 4. The molecule has 16 heavy (non-hydrogen) atoms. The molecule has 0 bridgehead atoms. The molecular weight excluding hydrogens is 272 g/mol. The Morgan fingerprint density at radius 1 is 1.56 bits per heavy atom. The summed E-state index contributed by atoms with van der Waals surface area (Å²) in [6.07, 6.45) is 3.50. The maximum atomic E-state index is 5.50.